The molecule has 0 saturated heterocycles. The van der Waals surface area contributed by atoms with Crippen LogP contribution in [0.1, 0.15) is 36.8 Å². The van der Waals surface area contributed by atoms with Crippen molar-refractivity contribution in [1.82, 2.24) is 0 Å². The first-order valence-electron chi connectivity index (χ1n) is 6.41. The molecule has 1 aromatic rings. The third kappa shape index (κ3) is 3.04. The zero-order chi connectivity index (χ0) is 12.3. The Bertz CT molecular complexity index is 381. The van der Waals surface area contributed by atoms with Crippen molar-refractivity contribution in [2.45, 2.75) is 39.5 Å². The minimum Gasteiger partial charge on any atom is -0.493 e. The number of alkyl halides is 1. The Kier molecular flexibility index (Phi) is 4.13. The van der Waals surface area contributed by atoms with E-state index in [4.69, 9.17) is 4.74 Å². The topological polar surface area (TPSA) is 9.23 Å². The number of ether oxygens (including phenoxy) is 1. The summed E-state index contributed by atoms with van der Waals surface area (Å²) in [6.07, 6.45) is 5.29. The van der Waals surface area contributed by atoms with E-state index in [9.17, 15) is 0 Å². The Labute approximate surface area is 113 Å². The summed E-state index contributed by atoms with van der Waals surface area (Å²) in [5, 5.41) is 1.06. The van der Waals surface area contributed by atoms with Gasteiger partial charge in [0.25, 0.3) is 0 Å². The van der Waals surface area contributed by atoms with E-state index in [0.29, 0.717) is 5.41 Å². The van der Waals surface area contributed by atoms with Crippen molar-refractivity contribution in [2.24, 2.45) is 5.41 Å². The van der Waals surface area contributed by atoms with Gasteiger partial charge in [0, 0.05) is 10.7 Å². The smallest absolute Gasteiger partial charge is 0.122 e. The lowest BCUT2D eigenvalue weighted by Crippen LogP contribution is -2.27. The van der Waals surface area contributed by atoms with Gasteiger partial charge in [-0.05, 0) is 43.9 Å². The van der Waals surface area contributed by atoms with Crippen LogP contribution in [-0.4, -0.2) is 11.9 Å². The van der Waals surface area contributed by atoms with E-state index in [1.807, 2.05) is 0 Å². The summed E-state index contributed by atoms with van der Waals surface area (Å²) in [6, 6.07) is 6.42. The first kappa shape index (κ1) is 12.9. The second-order valence-electron chi connectivity index (χ2n) is 5.40. The third-order valence-corrected chi connectivity index (χ3v) is 5.01. The molecule has 1 aliphatic carbocycles. The second-order valence-corrected chi connectivity index (χ2v) is 5.96. The van der Waals surface area contributed by atoms with Gasteiger partial charge in [0.1, 0.15) is 5.75 Å². The quantitative estimate of drug-likeness (QED) is 0.736. The fourth-order valence-corrected chi connectivity index (χ4v) is 3.26. The van der Waals surface area contributed by atoms with Crippen molar-refractivity contribution in [1.29, 1.82) is 0 Å². The number of halogens is 1. The Morgan fingerprint density at radius 1 is 1.24 bits per heavy atom. The van der Waals surface area contributed by atoms with E-state index in [-0.39, 0.29) is 0 Å². The molecule has 0 radical (unpaired) electrons. The molecule has 0 aromatic heterocycles. The molecule has 1 aliphatic rings. The molecule has 94 valence electrons. The van der Waals surface area contributed by atoms with Crippen molar-refractivity contribution in [2.75, 3.05) is 11.9 Å². The van der Waals surface area contributed by atoms with Gasteiger partial charge in [0.15, 0.2) is 0 Å². The number of rotatable bonds is 4. The number of aryl methyl sites for hydroxylation is 2. The standard InChI is InChI=1S/C15H21BrO/c1-12-5-6-13(2)14(9-12)17-11-15(10-16)7-3-4-8-15/h5-6,9H,3-4,7-8,10-11H2,1-2H3. The summed E-state index contributed by atoms with van der Waals surface area (Å²) in [5.41, 5.74) is 2.87. The molecule has 0 N–H and O–H groups in total. The van der Waals surface area contributed by atoms with Crippen LogP contribution in [0.15, 0.2) is 18.2 Å². The maximum absolute atomic E-state index is 6.07. The molecule has 2 heteroatoms. The van der Waals surface area contributed by atoms with E-state index in [1.54, 1.807) is 0 Å². The van der Waals surface area contributed by atoms with E-state index < -0.39 is 0 Å². The molecule has 0 spiro atoms. The van der Waals surface area contributed by atoms with Gasteiger partial charge in [-0.1, -0.05) is 40.9 Å². The zero-order valence-electron chi connectivity index (χ0n) is 10.8. The molecule has 2 rings (SSSR count). The Hall–Kier alpha value is -0.500. The van der Waals surface area contributed by atoms with Crippen LogP contribution in [0.5, 0.6) is 5.75 Å². The van der Waals surface area contributed by atoms with Gasteiger partial charge in [0.05, 0.1) is 6.61 Å². The molecule has 0 heterocycles. The van der Waals surface area contributed by atoms with Gasteiger partial charge in [0.2, 0.25) is 0 Å². The zero-order valence-corrected chi connectivity index (χ0v) is 12.3. The van der Waals surface area contributed by atoms with E-state index in [0.717, 1.165) is 17.7 Å². The molecule has 17 heavy (non-hydrogen) atoms. The normalized spacial score (nSPS) is 18.3. The maximum atomic E-state index is 6.07. The fraction of sp³-hybridized carbons (Fsp3) is 0.600. The number of hydrogen-bond acceptors (Lipinski definition) is 1. The summed E-state index contributed by atoms with van der Waals surface area (Å²) in [4.78, 5) is 0. The Morgan fingerprint density at radius 2 is 1.94 bits per heavy atom. The van der Waals surface area contributed by atoms with Crippen molar-refractivity contribution in [3.05, 3.63) is 29.3 Å². The second kappa shape index (κ2) is 5.43. The van der Waals surface area contributed by atoms with Crippen molar-refractivity contribution in [3.8, 4) is 5.75 Å². The highest BCUT2D eigenvalue weighted by atomic mass is 79.9. The van der Waals surface area contributed by atoms with Gasteiger partial charge in [-0.15, -0.1) is 0 Å². The van der Waals surface area contributed by atoms with Crippen LogP contribution in [0.25, 0.3) is 0 Å². The first-order valence-corrected chi connectivity index (χ1v) is 7.53. The lowest BCUT2D eigenvalue weighted by Gasteiger charge is -2.26. The summed E-state index contributed by atoms with van der Waals surface area (Å²) in [7, 11) is 0. The van der Waals surface area contributed by atoms with Crippen LogP contribution in [0.4, 0.5) is 0 Å². The van der Waals surface area contributed by atoms with Crippen molar-refractivity contribution >= 4 is 15.9 Å². The summed E-state index contributed by atoms with van der Waals surface area (Å²) >= 11 is 3.66. The molecule has 0 amide bonds. The summed E-state index contributed by atoms with van der Waals surface area (Å²) in [6.45, 7) is 5.08. The predicted molar refractivity (Wildman–Crippen MR) is 76.1 cm³/mol. The number of hydrogen-bond donors (Lipinski definition) is 0. The van der Waals surface area contributed by atoms with Crippen LogP contribution >= 0.6 is 15.9 Å². The van der Waals surface area contributed by atoms with Crippen molar-refractivity contribution < 1.29 is 4.74 Å². The molecule has 0 unspecified atom stereocenters. The molecular formula is C15H21BrO. The average Bonchev–Trinajstić information content (AvgIpc) is 2.80. The molecule has 1 saturated carbocycles. The van der Waals surface area contributed by atoms with E-state index >= 15 is 0 Å². The lowest BCUT2D eigenvalue weighted by molar-refractivity contribution is 0.173. The minimum atomic E-state index is 0.371. The highest BCUT2D eigenvalue weighted by Crippen LogP contribution is 2.40. The van der Waals surface area contributed by atoms with Crippen molar-refractivity contribution in [3.63, 3.8) is 0 Å². The highest BCUT2D eigenvalue weighted by Gasteiger charge is 2.33. The van der Waals surface area contributed by atoms with Gasteiger partial charge in [-0.2, -0.15) is 0 Å². The molecule has 0 aliphatic heterocycles. The third-order valence-electron chi connectivity index (χ3n) is 3.83. The molecule has 1 nitrogen and oxygen atoms in total. The largest absolute Gasteiger partial charge is 0.493 e. The summed E-state index contributed by atoms with van der Waals surface area (Å²) < 4.78 is 6.07. The minimum absolute atomic E-state index is 0.371. The van der Waals surface area contributed by atoms with Crippen LogP contribution in [0.2, 0.25) is 0 Å². The Morgan fingerprint density at radius 3 is 2.59 bits per heavy atom. The molecule has 0 bridgehead atoms. The first-order chi connectivity index (χ1) is 8.15. The number of benzene rings is 1. The van der Waals surface area contributed by atoms with Gasteiger partial charge >= 0.3 is 0 Å². The van der Waals surface area contributed by atoms with Crippen LogP contribution in [0.3, 0.4) is 0 Å². The Balaban J connectivity index is 2.03. The van der Waals surface area contributed by atoms with Gasteiger partial charge in [-0.3, -0.25) is 0 Å². The lowest BCUT2D eigenvalue weighted by atomic mass is 9.90. The SMILES string of the molecule is Cc1ccc(C)c(OCC2(CBr)CCCC2)c1. The fourth-order valence-electron chi connectivity index (χ4n) is 2.54. The molecule has 0 atom stereocenters. The average molecular weight is 297 g/mol. The summed E-state index contributed by atoms with van der Waals surface area (Å²) in [5.74, 6) is 1.05. The molecule has 1 aromatic carbocycles. The van der Waals surface area contributed by atoms with Crippen LogP contribution < -0.4 is 4.74 Å². The predicted octanol–water partition coefficient (Wildman–Crippen LogP) is 4.64. The molecular weight excluding hydrogens is 276 g/mol. The highest BCUT2D eigenvalue weighted by molar-refractivity contribution is 9.09. The van der Waals surface area contributed by atoms with Crippen LogP contribution in [-0.2, 0) is 0 Å². The van der Waals surface area contributed by atoms with Crippen LogP contribution in [0, 0.1) is 19.3 Å². The monoisotopic (exact) mass is 296 g/mol. The van der Waals surface area contributed by atoms with E-state index in [2.05, 4.69) is 48.0 Å². The van der Waals surface area contributed by atoms with Gasteiger partial charge in [-0.25, -0.2) is 0 Å². The maximum Gasteiger partial charge on any atom is 0.122 e. The van der Waals surface area contributed by atoms with Gasteiger partial charge < -0.3 is 4.74 Å². The molecule has 1 fully saturated rings. The van der Waals surface area contributed by atoms with E-state index in [1.165, 1.54) is 36.8 Å².